The number of aromatic nitrogens is 1. The SMILES string of the molecule is OC1/C(=C/c2ccc3[nH]ccc3c2)SC(=Nc2ccccc2)N1c1ccccc1. The van der Waals surface area contributed by atoms with Gasteiger partial charge >= 0.3 is 0 Å². The van der Waals surface area contributed by atoms with Crippen molar-refractivity contribution in [2.45, 2.75) is 6.23 Å². The van der Waals surface area contributed by atoms with Crippen molar-refractivity contribution in [1.82, 2.24) is 4.98 Å². The first-order valence-corrected chi connectivity index (χ1v) is 10.2. The van der Waals surface area contributed by atoms with E-state index in [1.165, 1.54) is 11.8 Å². The number of amidine groups is 1. The van der Waals surface area contributed by atoms with Gasteiger partial charge in [-0.25, -0.2) is 4.99 Å². The van der Waals surface area contributed by atoms with Gasteiger partial charge in [0.05, 0.1) is 5.69 Å². The van der Waals surface area contributed by atoms with Crippen LogP contribution in [0.1, 0.15) is 5.56 Å². The number of H-pyrrole nitrogens is 1. The molecule has 1 aromatic heterocycles. The summed E-state index contributed by atoms with van der Waals surface area (Å²) < 4.78 is 0. The van der Waals surface area contributed by atoms with Crippen LogP contribution in [-0.2, 0) is 0 Å². The molecule has 0 bridgehead atoms. The Hall–Kier alpha value is -3.28. The van der Waals surface area contributed by atoms with E-state index < -0.39 is 6.23 Å². The fraction of sp³-hybridized carbons (Fsp3) is 0.0417. The Kier molecular flexibility index (Phi) is 4.68. The molecular weight excluding hydrogens is 378 g/mol. The number of nitrogens with one attached hydrogen (secondary N) is 1. The van der Waals surface area contributed by atoms with E-state index in [9.17, 15) is 5.11 Å². The summed E-state index contributed by atoms with van der Waals surface area (Å²) in [7, 11) is 0. The third-order valence-electron chi connectivity index (χ3n) is 4.82. The minimum absolute atomic E-state index is 0.754. The lowest BCUT2D eigenvalue weighted by Crippen LogP contribution is -2.32. The molecule has 4 nitrogen and oxygen atoms in total. The van der Waals surface area contributed by atoms with Gasteiger partial charge in [0.15, 0.2) is 11.4 Å². The van der Waals surface area contributed by atoms with Crippen LogP contribution in [0.4, 0.5) is 11.4 Å². The number of aliphatic hydroxyl groups is 1. The van der Waals surface area contributed by atoms with Gasteiger partial charge in [-0.1, -0.05) is 54.2 Å². The van der Waals surface area contributed by atoms with E-state index in [4.69, 9.17) is 4.99 Å². The second-order valence-corrected chi connectivity index (χ2v) is 7.82. The van der Waals surface area contributed by atoms with Crippen LogP contribution in [0.25, 0.3) is 17.0 Å². The van der Waals surface area contributed by atoms with Crippen LogP contribution in [0, 0.1) is 0 Å². The van der Waals surface area contributed by atoms with Gasteiger partial charge in [0.2, 0.25) is 0 Å². The van der Waals surface area contributed by atoms with Crippen molar-refractivity contribution in [1.29, 1.82) is 0 Å². The molecule has 3 aromatic carbocycles. The highest BCUT2D eigenvalue weighted by Gasteiger charge is 2.34. The molecule has 5 heteroatoms. The highest BCUT2D eigenvalue weighted by Crippen LogP contribution is 2.40. The number of aromatic amines is 1. The molecule has 1 aliphatic heterocycles. The van der Waals surface area contributed by atoms with E-state index >= 15 is 0 Å². The van der Waals surface area contributed by atoms with E-state index in [2.05, 4.69) is 23.2 Å². The number of benzene rings is 3. The normalized spacial score (nSPS) is 19.5. The van der Waals surface area contributed by atoms with Crippen molar-refractivity contribution in [3.63, 3.8) is 0 Å². The van der Waals surface area contributed by atoms with Gasteiger partial charge in [0.25, 0.3) is 0 Å². The first-order chi connectivity index (χ1) is 14.3. The second kappa shape index (κ2) is 7.62. The summed E-state index contributed by atoms with van der Waals surface area (Å²) in [5, 5.41) is 13.0. The fourth-order valence-corrected chi connectivity index (χ4v) is 4.47. The van der Waals surface area contributed by atoms with E-state index in [-0.39, 0.29) is 0 Å². The lowest BCUT2D eigenvalue weighted by Gasteiger charge is -2.22. The van der Waals surface area contributed by atoms with Crippen LogP contribution in [0.3, 0.4) is 0 Å². The average molecular weight is 398 g/mol. The summed E-state index contributed by atoms with van der Waals surface area (Å²) in [5.41, 5.74) is 3.92. The Balaban J connectivity index is 1.56. The number of rotatable bonds is 3. The van der Waals surface area contributed by atoms with Crippen LogP contribution in [0.15, 0.2) is 101 Å². The number of hydrogen-bond acceptors (Lipinski definition) is 3. The summed E-state index contributed by atoms with van der Waals surface area (Å²) in [5.74, 6) is 0. The molecule has 2 N–H and O–H groups in total. The number of thioether (sulfide) groups is 1. The van der Waals surface area contributed by atoms with Gasteiger partial charge in [-0.3, -0.25) is 4.90 Å². The van der Waals surface area contributed by atoms with Crippen LogP contribution in [0.2, 0.25) is 0 Å². The van der Waals surface area contributed by atoms with Crippen molar-refractivity contribution < 1.29 is 5.11 Å². The molecule has 0 radical (unpaired) electrons. The topological polar surface area (TPSA) is 51.6 Å². The molecule has 29 heavy (non-hydrogen) atoms. The Morgan fingerprint density at radius 2 is 1.69 bits per heavy atom. The standard InChI is InChI=1S/C24H19N3OS/c28-23-22(16-17-11-12-21-18(15-17)13-14-25-21)29-24(26-19-7-3-1-4-8-19)27(23)20-9-5-2-6-10-20/h1-16,23,25,28H/b22-16-,26-24?. The number of fused-ring (bicyclic) bond motifs is 1. The number of hydrogen-bond donors (Lipinski definition) is 2. The maximum absolute atomic E-state index is 11.1. The predicted octanol–water partition coefficient (Wildman–Crippen LogP) is 5.77. The molecule has 4 aromatic rings. The molecule has 0 amide bonds. The van der Waals surface area contributed by atoms with Crippen LogP contribution in [-0.4, -0.2) is 21.5 Å². The third-order valence-corrected chi connectivity index (χ3v) is 5.85. The number of para-hydroxylation sites is 2. The van der Waals surface area contributed by atoms with Crippen molar-refractivity contribution in [3.8, 4) is 0 Å². The molecule has 5 rings (SSSR count). The van der Waals surface area contributed by atoms with E-state index in [1.54, 1.807) is 0 Å². The zero-order chi connectivity index (χ0) is 19.6. The largest absolute Gasteiger partial charge is 0.368 e. The highest BCUT2D eigenvalue weighted by molar-refractivity contribution is 8.18. The Morgan fingerprint density at radius 3 is 2.48 bits per heavy atom. The summed E-state index contributed by atoms with van der Waals surface area (Å²) in [4.78, 5) is 10.7. The molecule has 1 fully saturated rings. The van der Waals surface area contributed by atoms with Crippen LogP contribution >= 0.6 is 11.8 Å². The summed E-state index contributed by atoms with van der Waals surface area (Å²) in [6.45, 7) is 0. The van der Waals surface area contributed by atoms with Gasteiger partial charge in [-0.2, -0.15) is 0 Å². The quantitative estimate of drug-likeness (QED) is 0.461. The first-order valence-electron chi connectivity index (χ1n) is 9.41. The third kappa shape index (κ3) is 3.58. The molecule has 0 spiro atoms. The fourth-order valence-electron chi connectivity index (χ4n) is 3.40. The molecular formula is C24H19N3OS. The number of nitrogens with zero attached hydrogens (tertiary/aromatic N) is 2. The smallest absolute Gasteiger partial charge is 0.176 e. The van der Waals surface area contributed by atoms with E-state index in [1.807, 2.05) is 83.9 Å². The molecule has 1 atom stereocenters. The number of aliphatic imine (C=N–C) groups is 1. The second-order valence-electron chi connectivity index (χ2n) is 6.78. The van der Waals surface area contributed by atoms with Crippen molar-refractivity contribution in [3.05, 3.63) is 102 Å². The first kappa shape index (κ1) is 17.8. The molecule has 0 saturated carbocycles. The average Bonchev–Trinajstić information content (AvgIpc) is 3.34. The zero-order valence-electron chi connectivity index (χ0n) is 15.6. The Labute approximate surface area is 173 Å². The number of aliphatic hydroxyl groups excluding tert-OH is 1. The van der Waals surface area contributed by atoms with Crippen molar-refractivity contribution in [2.75, 3.05) is 4.90 Å². The summed E-state index contributed by atoms with van der Waals surface area (Å²) in [6, 6.07) is 28.0. The maximum Gasteiger partial charge on any atom is 0.176 e. The minimum atomic E-state index is -0.785. The molecule has 142 valence electrons. The van der Waals surface area contributed by atoms with Crippen molar-refractivity contribution >= 4 is 45.3 Å². The van der Waals surface area contributed by atoms with Crippen LogP contribution in [0.5, 0.6) is 0 Å². The molecule has 1 aliphatic rings. The lowest BCUT2D eigenvalue weighted by atomic mass is 10.1. The van der Waals surface area contributed by atoms with Gasteiger partial charge in [-0.05, 0) is 59.5 Å². The van der Waals surface area contributed by atoms with Gasteiger partial charge in [0.1, 0.15) is 0 Å². The molecule has 0 aliphatic carbocycles. The monoisotopic (exact) mass is 397 g/mol. The van der Waals surface area contributed by atoms with Gasteiger partial charge < -0.3 is 10.1 Å². The Morgan fingerprint density at radius 1 is 0.931 bits per heavy atom. The van der Waals surface area contributed by atoms with Crippen molar-refractivity contribution in [2.24, 2.45) is 4.99 Å². The minimum Gasteiger partial charge on any atom is -0.368 e. The zero-order valence-corrected chi connectivity index (χ0v) is 16.4. The van der Waals surface area contributed by atoms with E-state index in [0.717, 1.165) is 37.9 Å². The lowest BCUT2D eigenvalue weighted by molar-refractivity contribution is 0.233. The molecule has 1 unspecified atom stereocenters. The predicted molar refractivity (Wildman–Crippen MR) is 122 cm³/mol. The van der Waals surface area contributed by atoms with Gasteiger partial charge in [-0.15, -0.1) is 0 Å². The van der Waals surface area contributed by atoms with Gasteiger partial charge in [0, 0.05) is 22.3 Å². The van der Waals surface area contributed by atoms with E-state index in [0.29, 0.717) is 0 Å². The summed E-state index contributed by atoms with van der Waals surface area (Å²) >= 11 is 1.50. The van der Waals surface area contributed by atoms with Crippen LogP contribution < -0.4 is 4.90 Å². The summed E-state index contributed by atoms with van der Waals surface area (Å²) in [6.07, 6.45) is 3.18. The highest BCUT2D eigenvalue weighted by atomic mass is 32.2. The number of anilines is 1. The Bertz CT molecular complexity index is 1200. The molecule has 2 heterocycles. The maximum atomic E-state index is 11.1. The molecule has 1 saturated heterocycles.